The van der Waals surface area contributed by atoms with Crippen molar-refractivity contribution in [2.24, 2.45) is 0 Å². The lowest BCUT2D eigenvalue weighted by Gasteiger charge is -2.30. The molecule has 98 valence electrons. The highest BCUT2D eigenvalue weighted by molar-refractivity contribution is 6.31. The molecule has 0 aliphatic heterocycles. The first-order valence-electron chi connectivity index (χ1n) is 6.47. The molecule has 1 N–H and O–H groups in total. The molecule has 0 spiro atoms. The Morgan fingerprint density at radius 1 is 1.21 bits per heavy atom. The zero-order valence-electron chi connectivity index (χ0n) is 11.1. The number of nitrogens with one attached hydrogen (secondary N) is 1. The van der Waals surface area contributed by atoms with Gasteiger partial charge in [-0.3, -0.25) is 0 Å². The summed E-state index contributed by atoms with van der Waals surface area (Å²) in [6, 6.07) is 8.56. The van der Waals surface area contributed by atoms with Crippen molar-refractivity contribution in [3.8, 4) is 0 Å². The summed E-state index contributed by atoms with van der Waals surface area (Å²) in [5.41, 5.74) is 4.68. The van der Waals surface area contributed by atoms with Crippen LogP contribution in [-0.4, -0.2) is 16.5 Å². The molecule has 19 heavy (non-hydrogen) atoms. The lowest BCUT2D eigenvalue weighted by atomic mass is 9.78. The summed E-state index contributed by atoms with van der Waals surface area (Å²) in [4.78, 5) is 8.73. The van der Waals surface area contributed by atoms with E-state index in [1.54, 1.807) is 0 Å². The Hall–Kier alpha value is -1.61. The summed E-state index contributed by atoms with van der Waals surface area (Å²) >= 11 is 6.11. The summed E-state index contributed by atoms with van der Waals surface area (Å²) < 4.78 is 0. The Morgan fingerprint density at radius 3 is 2.74 bits per heavy atom. The van der Waals surface area contributed by atoms with Crippen LogP contribution >= 0.6 is 11.6 Å². The van der Waals surface area contributed by atoms with Crippen LogP contribution in [0.1, 0.15) is 28.4 Å². The van der Waals surface area contributed by atoms with Crippen LogP contribution in [-0.2, 0) is 6.42 Å². The fraction of sp³-hybridized carbons (Fsp3) is 0.333. The third-order valence-corrected chi connectivity index (χ3v) is 4.01. The number of benzene rings is 1. The van der Waals surface area contributed by atoms with E-state index in [9.17, 15) is 0 Å². The van der Waals surface area contributed by atoms with E-state index >= 15 is 0 Å². The van der Waals surface area contributed by atoms with Crippen molar-refractivity contribution in [3.05, 3.63) is 51.9 Å². The van der Waals surface area contributed by atoms with Gasteiger partial charge in [0.15, 0.2) is 11.0 Å². The minimum atomic E-state index is 0.454. The van der Waals surface area contributed by atoms with E-state index in [0.29, 0.717) is 16.9 Å². The van der Waals surface area contributed by atoms with Crippen molar-refractivity contribution < 1.29 is 0 Å². The van der Waals surface area contributed by atoms with Gasteiger partial charge in [0.1, 0.15) is 0 Å². The van der Waals surface area contributed by atoms with E-state index in [-0.39, 0.29) is 0 Å². The van der Waals surface area contributed by atoms with Crippen molar-refractivity contribution in [2.75, 3.05) is 11.9 Å². The molecule has 0 saturated carbocycles. The van der Waals surface area contributed by atoms with Gasteiger partial charge in [0.05, 0.1) is 11.4 Å². The summed E-state index contributed by atoms with van der Waals surface area (Å²) in [6.07, 6.45) is 1.12. The second-order valence-electron chi connectivity index (χ2n) is 5.01. The van der Waals surface area contributed by atoms with Crippen LogP contribution < -0.4 is 5.32 Å². The molecule has 0 amide bonds. The highest BCUT2D eigenvalue weighted by Crippen LogP contribution is 2.35. The van der Waals surface area contributed by atoms with Gasteiger partial charge >= 0.3 is 0 Å². The van der Waals surface area contributed by atoms with E-state index in [2.05, 4.69) is 39.6 Å². The Balaban J connectivity index is 1.70. The number of nitrogens with zero attached hydrogens (tertiary/aromatic N) is 2. The fourth-order valence-corrected chi connectivity index (χ4v) is 2.69. The van der Waals surface area contributed by atoms with Crippen LogP contribution in [0.15, 0.2) is 24.3 Å². The van der Waals surface area contributed by atoms with Gasteiger partial charge in [-0.2, -0.15) is 0 Å². The molecule has 3 nitrogen and oxygen atoms in total. The molecule has 1 aromatic carbocycles. The van der Waals surface area contributed by atoms with E-state index in [1.807, 2.05) is 13.8 Å². The van der Waals surface area contributed by atoms with Crippen molar-refractivity contribution in [1.82, 2.24) is 9.97 Å². The Labute approximate surface area is 118 Å². The topological polar surface area (TPSA) is 37.8 Å². The quantitative estimate of drug-likeness (QED) is 0.930. The zero-order valence-corrected chi connectivity index (χ0v) is 11.8. The van der Waals surface area contributed by atoms with Gasteiger partial charge < -0.3 is 5.32 Å². The van der Waals surface area contributed by atoms with Crippen molar-refractivity contribution >= 4 is 17.4 Å². The largest absolute Gasteiger partial charge is 0.367 e. The van der Waals surface area contributed by atoms with E-state index in [1.165, 1.54) is 11.1 Å². The number of anilines is 1. The molecular formula is C15H16ClN3. The number of fused-ring (bicyclic) bond motifs is 1. The molecule has 0 radical (unpaired) electrons. The van der Waals surface area contributed by atoms with E-state index in [4.69, 9.17) is 11.6 Å². The average Bonchev–Trinajstić information content (AvgIpc) is 2.36. The highest BCUT2D eigenvalue weighted by atomic mass is 35.5. The molecule has 1 unspecified atom stereocenters. The van der Waals surface area contributed by atoms with Gasteiger partial charge in [-0.05, 0) is 31.4 Å². The summed E-state index contributed by atoms with van der Waals surface area (Å²) in [5, 5.41) is 3.77. The van der Waals surface area contributed by atoms with Gasteiger partial charge in [-0.25, -0.2) is 9.97 Å². The number of aromatic nitrogens is 2. The maximum Gasteiger partial charge on any atom is 0.171 e. The second-order valence-corrected chi connectivity index (χ2v) is 5.37. The van der Waals surface area contributed by atoms with Gasteiger partial charge in [0, 0.05) is 12.5 Å². The SMILES string of the molecule is Cc1nc(Cl)c(NCC2Cc3ccccc32)nc1C. The summed E-state index contributed by atoms with van der Waals surface area (Å²) in [6.45, 7) is 4.72. The van der Waals surface area contributed by atoms with Gasteiger partial charge in [0.2, 0.25) is 0 Å². The molecule has 1 aromatic heterocycles. The van der Waals surface area contributed by atoms with Gasteiger partial charge in [-0.1, -0.05) is 35.9 Å². The molecule has 1 atom stereocenters. The second kappa shape index (κ2) is 4.82. The first-order valence-corrected chi connectivity index (χ1v) is 6.85. The van der Waals surface area contributed by atoms with Crippen molar-refractivity contribution in [1.29, 1.82) is 0 Å². The number of hydrogen-bond donors (Lipinski definition) is 1. The third-order valence-electron chi connectivity index (χ3n) is 3.74. The maximum absolute atomic E-state index is 6.11. The lowest BCUT2D eigenvalue weighted by molar-refractivity contribution is 0.634. The lowest BCUT2D eigenvalue weighted by Crippen LogP contribution is -2.24. The highest BCUT2D eigenvalue weighted by Gasteiger charge is 2.25. The Morgan fingerprint density at radius 2 is 1.95 bits per heavy atom. The minimum Gasteiger partial charge on any atom is -0.367 e. The molecule has 0 bridgehead atoms. The predicted octanol–water partition coefficient (Wildman–Crippen LogP) is 3.50. The van der Waals surface area contributed by atoms with E-state index in [0.717, 1.165) is 24.4 Å². The molecule has 3 rings (SSSR count). The average molecular weight is 274 g/mol. The number of halogens is 1. The molecule has 4 heteroatoms. The Kier molecular flexibility index (Phi) is 3.15. The zero-order chi connectivity index (χ0) is 13.4. The first kappa shape index (κ1) is 12.4. The van der Waals surface area contributed by atoms with Crippen LogP contribution in [0.4, 0.5) is 5.82 Å². The summed E-state index contributed by atoms with van der Waals surface area (Å²) in [7, 11) is 0. The predicted molar refractivity (Wildman–Crippen MR) is 77.9 cm³/mol. The van der Waals surface area contributed by atoms with Crippen LogP contribution in [0.3, 0.4) is 0 Å². The molecular weight excluding hydrogens is 258 g/mol. The normalized spacial score (nSPS) is 16.7. The smallest absolute Gasteiger partial charge is 0.171 e. The van der Waals surface area contributed by atoms with Crippen molar-refractivity contribution in [3.63, 3.8) is 0 Å². The fourth-order valence-electron chi connectivity index (χ4n) is 2.45. The molecule has 1 heterocycles. The van der Waals surface area contributed by atoms with Gasteiger partial charge in [-0.15, -0.1) is 0 Å². The standard InChI is InChI=1S/C15H16ClN3/c1-9-10(2)19-15(14(16)18-9)17-8-12-7-11-5-3-4-6-13(11)12/h3-6,12H,7-8H2,1-2H3,(H,17,19). The molecule has 1 aliphatic rings. The van der Waals surface area contributed by atoms with Crippen LogP contribution in [0.25, 0.3) is 0 Å². The summed E-state index contributed by atoms with van der Waals surface area (Å²) in [5.74, 6) is 1.24. The van der Waals surface area contributed by atoms with E-state index < -0.39 is 0 Å². The monoisotopic (exact) mass is 273 g/mol. The Bertz CT molecular complexity index is 625. The molecule has 2 aromatic rings. The molecule has 0 fully saturated rings. The molecule has 0 saturated heterocycles. The minimum absolute atomic E-state index is 0.454. The van der Waals surface area contributed by atoms with Crippen LogP contribution in [0, 0.1) is 13.8 Å². The number of hydrogen-bond acceptors (Lipinski definition) is 3. The van der Waals surface area contributed by atoms with Crippen LogP contribution in [0.2, 0.25) is 5.15 Å². The van der Waals surface area contributed by atoms with Crippen molar-refractivity contribution in [2.45, 2.75) is 26.2 Å². The number of rotatable bonds is 3. The number of aryl methyl sites for hydroxylation is 2. The maximum atomic E-state index is 6.11. The van der Waals surface area contributed by atoms with Gasteiger partial charge in [0.25, 0.3) is 0 Å². The third kappa shape index (κ3) is 2.30. The molecule has 1 aliphatic carbocycles. The first-order chi connectivity index (χ1) is 9.15. The van der Waals surface area contributed by atoms with Crippen LogP contribution in [0.5, 0.6) is 0 Å².